The van der Waals surface area contributed by atoms with Crippen LogP contribution in [-0.4, -0.2) is 23.2 Å². The van der Waals surface area contributed by atoms with Crippen molar-refractivity contribution in [2.45, 2.75) is 6.54 Å². The van der Waals surface area contributed by atoms with Crippen LogP contribution in [0.1, 0.15) is 15.4 Å². The van der Waals surface area contributed by atoms with Gasteiger partial charge in [-0.15, -0.1) is 10.2 Å². The van der Waals surface area contributed by atoms with Gasteiger partial charge in [0.2, 0.25) is 10.1 Å². The Labute approximate surface area is 95.7 Å². The molecule has 0 unspecified atom stereocenters. The number of hydrogen-bond acceptors (Lipinski definition) is 6. The molecule has 84 valence electrons. The first kappa shape index (κ1) is 10.6. The number of amides is 1. The summed E-state index contributed by atoms with van der Waals surface area (Å²) in [7, 11) is 1.73. The maximum Gasteiger partial charge on any atom is 0.282 e. The Morgan fingerprint density at radius 1 is 1.56 bits per heavy atom. The summed E-state index contributed by atoms with van der Waals surface area (Å²) in [5.74, 6) is -0.236. The topological polar surface area (TPSA) is 80.0 Å². The van der Waals surface area contributed by atoms with Crippen LogP contribution in [0.25, 0.3) is 0 Å². The van der Waals surface area contributed by atoms with Crippen LogP contribution >= 0.6 is 11.3 Å². The summed E-state index contributed by atoms with van der Waals surface area (Å²) < 4.78 is 4.89. The van der Waals surface area contributed by atoms with Gasteiger partial charge in [0.15, 0.2) is 0 Å². The number of carbonyl (C=O) groups excluding carboxylic acids is 1. The van der Waals surface area contributed by atoms with Gasteiger partial charge in [0.25, 0.3) is 5.91 Å². The molecule has 2 rings (SSSR count). The smallest absolute Gasteiger partial charge is 0.282 e. The zero-order valence-corrected chi connectivity index (χ0v) is 9.37. The molecule has 2 aromatic heterocycles. The van der Waals surface area contributed by atoms with E-state index >= 15 is 0 Å². The van der Waals surface area contributed by atoms with Crippen LogP contribution in [0.2, 0.25) is 0 Å². The highest BCUT2D eigenvalue weighted by Gasteiger charge is 2.11. The SMILES string of the molecule is CNc1nnc(C(=O)NCc2ccoc2)s1. The minimum Gasteiger partial charge on any atom is -0.472 e. The predicted octanol–water partition coefficient (Wildman–Crippen LogP) is 1.10. The summed E-state index contributed by atoms with van der Waals surface area (Å²) in [5, 5.41) is 14.0. The van der Waals surface area contributed by atoms with Crippen LogP contribution in [0.3, 0.4) is 0 Å². The van der Waals surface area contributed by atoms with E-state index in [1.54, 1.807) is 25.6 Å². The molecule has 0 spiro atoms. The molecule has 1 amide bonds. The molecule has 2 aromatic rings. The van der Waals surface area contributed by atoms with Crippen molar-refractivity contribution in [3.8, 4) is 0 Å². The zero-order chi connectivity index (χ0) is 11.4. The number of carbonyl (C=O) groups is 1. The molecule has 0 fully saturated rings. The van der Waals surface area contributed by atoms with E-state index in [0.717, 1.165) is 5.56 Å². The molecule has 0 saturated carbocycles. The van der Waals surface area contributed by atoms with E-state index in [0.29, 0.717) is 16.7 Å². The average molecular weight is 238 g/mol. The highest BCUT2D eigenvalue weighted by atomic mass is 32.1. The lowest BCUT2D eigenvalue weighted by atomic mass is 10.3. The van der Waals surface area contributed by atoms with Crippen molar-refractivity contribution in [1.82, 2.24) is 15.5 Å². The molecule has 0 aliphatic heterocycles. The molecule has 0 aliphatic carbocycles. The summed E-state index contributed by atoms with van der Waals surface area (Å²) in [6.07, 6.45) is 3.14. The van der Waals surface area contributed by atoms with Gasteiger partial charge in [0, 0.05) is 19.2 Å². The van der Waals surface area contributed by atoms with E-state index in [2.05, 4.69) is 20.8 Å². The number of hydrogen-bond donors (Lipinski definition) is 2. The molecule has 2 heterocycles. The Bertz CT molecular complexity index is 466. The predicted molar refractivity (Wildman–Crippen MR) is 59.3 cm³/mol. The maximum absolute atomic E-state index is 11.6. The standard InChI is InChI=1S/C9H10N4O2S/c1-10-9-13-12-8(16-9)7(14)11-4-6-2-3-15-5-6/h2-3,5H,4H2,1H3,(H,10,13)(H,11,14). The third kappa shape index (κ3) is 2.37. The normalized spacial score (nSPS) is 10.1. The number of rotatable bonds is 4. The summed E-state index contributed by atoms with van der Waals surface area (Å²) in [5.41, 5.74) is 0.909. The second kappa shape index (κ2) is 4.75. The van der Waals surface area contributed by atoms with Gasteiger partial charge in [-0.2, -0.15) is 0 Å². The monoisotopic (exact) mass is 238 g/mol. The third-order valence-corrected chi connectivity index (χ3v) is 2.81. The van der Waals surface area contributed by atoms with Crippen molar-refractivity contribution >= 4 is 22.4 Å². The molecule has 16 heavy (non-hydrogen) atoms. The zero-order valence-electron chi connectivity index (χ0n) is 8.56. The first-order valence-corrected chi connectivity index (χ1v) is 5.42. The quantitative estimate of drug-likeness (QED) is 0.833. The fraction of sp³-hybridized carbons (Fsp3) is 0.222. The first-order valence-electron chi connectivity index (χ1n) is 4.60. The molecule has 7 heteroatoms. The molecular formula is C9H10N4O2S. The van der Waals surface area contributed by atoms with E-state index in [1.165, 1.54) is 11.3 Å². The maximum atomic E-state index is 11.6. The van der Waals surface area contributed by atoms with Crippen molar-refractivity contribution in [3.05, 3.63) is 29.2 Å². The first-order chi connectivity index (χ1) is 7.79. The van der Waals surface area contributed by atoms with Crippen molar-refractivity contribution in [1.29, 1.82) is 0 Å². The lowest BCUT2D eigenvalue weighted by Gasteiger charge is -1.98. The second-order valence-electron chi connectivity index (χ2n) is 2.98. The number of anilines is 1. The summed E-state index contributed by atoms with van der Waals surface area (Å²) in [6.45, 7) is 0.420. The Kier molecular flexibility index (Phi) is 3.16. The Balaban J connectivity index is 1.93. The average Bonchev–Trinajstić information content (AvgIpc) is 2.96. The molecule has 6 nitrogen and oxygen atoms in total. The minimum atomic E-state index is -0.236. The van der Waals surface area contributed by atoms with E-state index in [9.17, 15) is 4.79 Å². The van der Waals surface area contributed by atoms with Crippen LogP contribution in [0.5, 0.6) is 0 Å². The van der Waals surface area contributed by atoms with Gasteiger partial charge in [-0.3, -0.25) is 4.79 Å². The van der Waals surface area contributed by atoms with Crippen molar-refractivity contribution in [3.63, 3.8) is 0 Å². The molecule has 0 atom stereocenters. The lowest BCUT2D eigenvalue weighted by molar-refractivity contribution is 0.0950. The van der Waals surface area contributed by atoms with Gasteiger partial charge in [-0.1, -0.05) is 11.3 Å². The summed E-state index contributed by atoms with van der Waals surface area (Å²) in [6, 6.07) is 1.79. The van der Waals surface area contributed by atoms with Crippen molar-refractivity contribution < 1.29 is 9.21 Å². The Morgan fingerprint density at radius 3 is 3.06 bits per heavy atom. The van der Waals surface area contributed by atoms with Gasteiger partial charge in [0.1, 0.15) is 0 Å². The fourth-order valence-corrected chi connectivity index (χ4v) is 1.68. The highest BCUT2D eigenvalue weighted by Crippen LogP contribution is 2.13. The summed E-state index contributed by atoms with van der Waals surface area (Å²) in [4.78, 5) is 11.6. The van der Waals surface area contributed by atoms with Gasteiger partial charge in [-0.05, 0) is 6.07 Å². The fourth-order valence-electron chi connectivity index (χ4n) is 1.07. The largest absolute Gasteiger partial charge is 0.472 e. The van der Waals surface area contributed by atoms with E-state index in [-0.39, 0.29) is 5.91 Å². The van der Waals surface area contributed by atoms with Crippen molar-refractivity contribution in [2.24, 2.45) is 0 Å². The number of nitrogens with one attached hydrogen (secondary N) is 2. The second-order valence-corrected chi connectivity index (χ2v) is 3.95. The van der Waals surface area contributed by atoms with E-state index in [1.807, 2.05) is 0 Å². The number of furan rings is 1. The van der Waals surface area contributed by atoms with Gasteiger partial charge >= 0.3 is 0 Å². The summed E-state index contributed by atoms with van der Waals surface area (Å²) >= 11 is 1.21. The molecule has 0 aliphatic rings. The Hall–Kier alpha value is -1.89. The van der Waals surface area contributed by atoms with Crippen LogP contribution in [0.15, 0.2) is 23.0 Å². The van der Waals surface area contributed by atoms with Gasteiger partial charge < -0.3 is 15.1 Å². The van der Waals surface area contributed by atoms with Gasteiger partial charge in [-0.25, -0.2) is 0 Å². The lowest BCUT2D eigenvalue weighted by Crippen LogP contribution is -2.22. The minimum absolute atomic E-state index is 0.236. The third-order valence-electron chi connectivity index (χ3n) is 1.87. The molecule has 2 N–H and O–H groups in total. The van der Waals surface area contributed by atoms with Crippen LogP contribution in [0, 0.1) is 0 Å². The molecular weight excluding hydrogens is 228 g/mol. The van der Waals surface area contributed by atoms with Crippen molar-refractivity contribution in [2.75, 3.05) is 12.4 Å². The Morgan fingerprint density at radius 2 is 2.44 bits per heavy atom. The van der Waals surface area contributed by atoms with Gasteiger partial charge in [0.05, 0.1) is 12.5 Å². The highest BCUT2D eigenvalue weighted by molar-refractivity contribution is 7.17. The van der Waals surface area contributed by atoms with E-state index in [4.69, 9.17) is 4.42 Å². The van der Waals surface area contributed by atoms with Crippen LogP contribution in [-0.2, 0) is 6.54 Å². The number of aromatic nitrogens is 2. The number of nitrogens with zero attached hydrogens (tertiary/aromatic N) is 2. The molecule has 0 aromatic carbocycles. The molecule has 0 saturated heterocycles. The van der Waals surface area contributed by atoms with Crippen LogP contribution < -0.4 is 10.6 Å². The van der Waals surface area contributed by atoms with E-state index < -0.39 is 0 Å². The molecule has 0 bridgehead atoms. The molecule has 0 radical (unpaired) electrons. The van der Waals surface area contributed by atoms with Crippen LogP contribution in [0.4, 0.5) is 5.13 Å².